The molecule has 1 saturated heterocycles. The number of hydrogen-bond donors (Lipinski definition) is 0. The maximum Gasteiger partial charge on any atom is 0.337 e. The van der Waals surface area contributed by atoms with Crippen molar-refractivity contribution >= 4 is 11.9 Å². The highest BCUT2D eigenvalue weighted by Gasteiger charge is 2.22. The minimum absolute atomic E-state index is 0.0630. The molecule has 8 nitrogen and oxygen atoms in total. The van der Waals surface area contributed by atoms with E-state index in [1.165, 1.54) is 12.7 Å². The lowest BCUT2D eigenvalue weighted by Crippen LogP contribution is -2.36. The summed E-state index contributed by atoms with van der Waals surface area (Å²) in [6, 6.07) is 7.59. The molecule has 0 bridgehead atoms. The van der Waals surface area contributed by atoms with Crippen molar-refractivity contribution in [2.45, 2.75) is 39.8 Å². The zero-order chi connectivity index (χ0) is 21.5. The number of carbonyl (C=O) groups excluding carboxylic acids is 2. The Kier molecular flexibility index (Phi) is 7.57. The van der Waals surface area contributed by atoms with Crippen LogP contribution in [0.4, 0.5) is 0 Å². The molecule has 0 N–H and O–H groups in total. The monoisotopic (exact) mass is 413 g/mol. The van der Waals surface area contributed by atoms with Crippen LogP contribution in [0.1, 0.15) is 53.1 Å². The summed E-state index contributed by atoms with van der Waals surface area (Å²) >= 11 is 0. The van der Waals surface area contributed by atoms with Crippen LogP contribution in [0.3, 0.4) is 0 Å². The molecule has 1 aromatic carbocycles. The van der Waals surface area contributed by atoms with Gasteiger partial charge in [-0.1, -0.05) is 17.3 Å². The van der Waals surface area contributed by atoms with Gasteiger partial charge >= 0.3 is 5.97 Å². The van der Waals surface area contributed by atoms with Crippen LogP contribution < -0.4 is 0 Å². The fourth-order valence-corrected chi connectivity index (χ4v) is 3.99. The lowest BCUT2D eigenvalue weighted by atomic mass is 9.97. The molecular formula is C22H31N5O3. The molecule has 2 aromatic rings. The highest BCUT2D eigenvalue weighted by atomic mass is 16.5. The minimum atomic E-state index is -0.314. The number of methoxy groups -OCH3 is 1. The van der Waals surface area contributed by atoms with Gasteiger partial charge in [0.05, 0.1) is 18.9 Å². The fourth-order valence-electron chi connectivity index (χ4n) is 3.99. The number of likely N-dealkylation sites (tertiary alicyclic amines) is 1. The van der Waals surface area contributed by atoms with Gasteiger partial charge in [-0.3, -0.25) is 14.4 Å². The molecule has 8 heteroatoms. The van der Waals surface area contributed by atoms with E-state index in [9.17, 15) is 9.59 Å². The first-order chi connectivity index (χ1) is 14.5. The number of ether oxygens (including phenoxy) is 1. The van der Waals surface area contributed by atoms with Crippen molar-refractivity contribution in [2.75, 3.05) is 33.3 Å². The number of carbonyl (C=O) groups is 2. The smallest absolute Gasteiger partial charge is 0.337 e. The maximum absolute atomic E-state index is 12.4. The van der Waals surface area contributed by atoms with E-state index in [1.54, 1.807) is 15.8 Å². The topological polar surface area (TPSA) is 80.6 Å². The van der Waals surface area contributed by atoms with Gasteiger partial charge in [0, 0.05) is 32.7 Å². The highest BCUT2D eigenvalue weighted by Crippen LogP contribution is 2.20. The number of benzene rings is 1. The third kappa shape index (κ3) is 5.44. The molecule has 1 aliphatic rings. The molecule has 2 heterocycles. The van der Waals surface area contributed by atoms with E-state index in [0.29, 0.717) is 30.3 Å². The Hall–Kier alpha value is -2.74. The van der Waals surface area contributed by atoms with Gasteiger partial charge in [0.1, 0.15) is 0 Å². The molecule has 0 aliphatic carbocycles. The zero-order valence-corrected chi connectivity index (χ0v) is 18.1. The van der Waals surface area contributed by atoms with E-state index in [0.717, 1.165) is 39.0 Å². The Morgan fingerprint density at radius 1 is 1.20 bits per heavy atom. The summed E-state index contributed by atoms with van der Waals surface area (Å²) in [6.45, 7) is 8.89. The predicted molar refractivity (Wildman–Crippen MR) is 113 cm³/mol. The summed E-state index contributed by atoms with van der Waals surface area (Å²) in [6.07, 6.45) is 4.03. The van der Waals surface area contributed by atoms with Crippen molar-refractivity contribution < 1.29 is 14.3 Å². The van der Waals surface area contributed by atoms with Crippen molar-refractivity contribution in [2.24, 2.45) is 5.92 Å². The normalized spacial score (nSPS) is 17.0. The summed E-state index contributed by atoms with van der Waals surface area (Å²) in [4.78, 5) is 28.2. The third-order valence-corrected chi connectivity index (χ3v) is 5.64. The van der Waals surface area contributed by atoms with Gasteiger partial charge in [0.2, 0.25) is 0 Å². The molecular weight excluding hydrogens is 382 g/mol. The van der Waals surface area contributed by atoms with Gasteiger partial charge < -0.3 is 9.64 Å². The summed E-state index contributed by atoms with van der Waals surface area (Å²) in [5.74, 6) is 0.0874. The van der Waals surface area contributed by atoms with E-state index in [-0.39, 0.29) is 11.9 Å². The number of piperidine rings is 1. The lowest BCUT2D eigenvalue weighted by molar-refractivity contribution is 0.0600. The largest absolute Gasteiger partial charge is 0.465 e. The van der Waals surface area contributed by atoms with Crippen LogP contribution in [0, 0.1) is 5.92 Å². The van der Waals surface area contributed by atoms with Crippen LogP contribution in [-0.4, -0.2) is 70.0 Å². The first kappa shape index (κ1) is 22.0. The van der Waals surface area contributed by atoms with Gasteiger partial charge in [-0.2, -0.15) is 0 Å². The van der Waals surface area contributed by atoms with Gasteiger partial charge in [0.15, 0.2) is 5.69 Å². The van der Waals surface area contributed by atoms with Gasteiger partial charge in [-0.05, 0) is 56.8 Å². The second-order valence-electron chi connectivity index (χ2n) is 7.74. The van der Waals surface area contributed by atoms with Crippen LogP contribution in [0.25, 0.3) is 0 Å². The van der Waals surface area contributed by atoms with E-state index in [1.807, 2.05) is 38.1 Å². The van der Waals surface area contributed by atoms with Gasteiger partial charge in [-0.25, -0.2) is 4.79 Å². The number of aromatic nitrogens is 3. The average molecular weight is 414 g/mol. The Morgan fingerprint density at radius 3 is 2.60 bits per heavy atom. The van der Waals surface area contributed by atoms with Crippen LogP contribution in [0.5, 0.6) is 0 Å². The number of hydrogen-bond acceptors (Lipinski definition) is 6. The Balaban J connectivity index is 1.55. The molecule has 1 atom stereocenters. The molecule has 1 fully saturated rings. The van der Waals surface area contributed by atoms with Gasteiger partial charge in [-0.15, -0.1) is 5.10 Å². The Bertz CT molecular complexity index is 845. The first-order valence-corrected chi connectivity index (χ1v) is 10.6. The highest BCUT2D eigenvalue weighted by molar-refractivity contribution is 5.91. The quantitative estimate of drug-likeness (QED) is 0.619. The molecule has 0 radical (unpaired) electrons. The molecule has 1 aromatic heterocycles. The maximum atomic E-state index is 12.4. The molecule has 1 amide bonds. The van der Waals surface area contributed by atoms with E-state index in [4.69, 9.17) is 4.74 Å². The zero-order valence-electron chi connectivity index (χ0n) is 18.1. The third-order valence-electron chi connectivity index (χ3n) is 5.64. The van der Waals surface area contributed by atoms with Gasteiger partial charge in [0.25, 0.3) is 5.91 Å². The van der Waals surface area contributed by atoms with E-state index < -0.39 is 0 Å². The number of amides is 1. The number of rotatable bonds is 8. The van der Waals surface area contributed by atoms with Crippen LogP contribution in [0.2, 0.25) is 0 Å². The molecule has 3 rings (SSSR count). The average Bonchev–Trinajstić information content (AvgIpc) is 3.23. The van der Waals surface area contributed by atoms with Crippen molar-refractivity contribution in [3.05, 3.63) is 47.3 Å². The van der Waals surface area contributed by atoms with Crippen LogP contribution in [-0.2, 0) is 17.8 Å². The van der Waals surface area contributed by atoms with Crippen LogP contribution >= 0.6 is 0 Å². The lowest BCUT2D eigenvalue weighted by Gasteiger charge is -2.32. The molecule has 30 heavy (non-hydrogen) atoms. The summed E-state index contributed by atoms with van der Waals surface area (Å²) in [7, 11) is 1.39. The first-order valence-electron chi connectivity index (χ1n) is 10.6. The van der Waals surface area contributed by atoms with Crippen molar-refractivity contribution in [3.63, 3.8) is 0 Å². The number of nitrogens with zero attached hydrogens (tertiary/aromatic N) is 5. The molecule has 162 valence electrons. The Morgan fingerprint density at radius 2 is 1.93 bits per heavy atom. The summed E-state index contributed by atoms with van der Waals surface area (Å²) in [5.41, 5.74) is 2.16. The molecule has 0 unspecified atom stereocenters. The summed E-state index contributed by atoms with van der Waals surface area (Å²) < 4.78 is 6.55. The standard InChI is InChI=1S/C22H31N5O3/c1-4-26(5-2)21(28)20-16-27(24-23-20)15-18-7-6-12-25(14-18)13-17-8-10-19(11-9-17)22(29)30-3/h8-11,16,18H,4-7,12-15H2,1-3H3/t18-/m0/s1. The molecule has 1 aliphatic heterocycles. The molecule has 0 spiro atoms. The van der Waals surface area contributed by atoms with E-state index in [2.05, 4.69) is 15.2 Å². The number of esters is 1. The van der Waals surface area contributed by atoms with Crippen molar-refractivity contribution in [1.82, 2.24) is 24.8 Å². The molecule has 0 saturated carbocycles. The predicted octanol–water partition coefficient (Wildman–Crippen LogP) is 2.46. The summed E-state index contributed by atoms with van der Waals surface area (Å²) in [5, 5.41) is 8.27. The van der Waals surface area contributed by atoms with Crippen LogP contribution in [0.15, 0.2) is 30.5 Å². The Labute approximate surface area is 177 Å². The SMILES string of the molecule is CCN(CC)C(=O)c1cn(C[C@H]2CCCN(Cc3ccc(C(=O)OC)cc3)C2)nn1. The second kappa shape index (κ2) is 10.3. The van der Waals surface area contributed by atoms with Crippen molar-refractivity contribution in [1.29, 1.82) is 0 Å². The van der Waals surface area contributed by atoms with Crippen molar-refractivity contribution in [3.8, 4) is 0 Å². The minimum Gasteiger partial charge on any atom is -0.465 e. The fraction of sp³-hybridized carbons (Fsp3) is 0.545. The second-order valence-corrected chi connectivity index (χ2v) is 7.74. The van der Waals surface area contributed by atoms with E-state index >= 15 is 0 Å².